The van der Waals surface area contributed by atoms with Crippen molar-refractivity contribution in [1.29, 1.82) is 0 Å². The van der Waals surface area contributed by atoms with E-state index in [-0.39, 0.29) is 21.1 Å². The molecule has 0 saturated carbocycles. The first-order chi connectivity index (χ1) is 13.7. The van der Waals surface area contributed by atoms with E-state index in [4.69, 9.17) is 0 Å². The molecule has 0 fully saturated rings. The SMILES string of the molecule is CN(C(c1ccccc1)c1ccccc1P(C(C)(C)C)C(C)(C)C)S(=O)C(C)(C)C. The predicted molar refractivity (Wildman–Crippen MR) is 136 cm³/mol. The molecule has 0 heterocycles. The van der Waals surface area contributed by atoms with E-state index >= 15 is 0 Å². The smallest absolute Gasteiger partial charge is 0.100 e. The van der Waals surface area contributed by atoms with Crippen LogP contribution >= 0.6 is 7.92 Å². The normalized spacial score (nSPS) is 15.5. The van der Waals surface area contributed by atoms with Gasteiger partial charge in [-0.15, -0.1) is 0 Å². The maximum absolute atomic E-state index is 13.5. The van der Waals surface area contributed by atoms with Crippen LogP contribution in [-0.4, -0.2) is 30.6 Å². The third-order valence-corrected chi connectivity index (χ3v) is 10.4. The molecule has 0 aliphatic rings. The van der Waals surface area contributed by atoms with Gasteiger partial charge in [0.15, 0.2) is 0 Å². The van der Waals surface area contributed by atoms with Gasteiger partial charge in [-0.1, -0.05) is 104 Å². The molecular formula is C26H40NOPS. The lowest BCUT2D eigenvalue weighted by molar-refractivity contribution is 0.441. The van der Waals surface area contributed by atoms with Gasteiger partial charge in [-0.25, -0.2) is 8.51 Å². The van der Waals surface area contributed by atoms with E-state index in [2.05, 4.69) is 94.4 Å². The summed E-state index contributed by atoms with van der Waals surface area (Å²) in [5.74, 6) is 0. The van der Waals surface area contributed by atoms with Crippen molar-refractivity contribution in [3.63, 3.8) is 0 Å². The minimum Gasteiger partial charge on any atom is -0.242 e. The van der Waals surface area contributed by atoms with E-state index < -0.39 is 18.9 Å². The minimum absolute atomic E-state index is 0.0582. The third kappa shape index (κ3) is 5.81. The van der Waals surface area contributed by atoms with Gasteiger partial charge in [0.05, 0.1) is 10.8 Å². The first-order valence-electron chi connectivity index (χ1n) is 10.7. The molecule has 0 spiro atoms. The van der Waals surface area contributed by atoms with Crippen LogP contribution in [-0.2, 0) is 11.0 Å². The topological polar surface area (TPSA) is 20.3 Å². The summed E-state index contributed by atoms with van der Waals surface area (Å²) in [6.45, 7) is 20.3. The Kier molecular flexibility index (Phi) is 7.76. The van der Waals surface area contributed by atoms with Crippen LogP contribution in [0.4, 0.5) is 0 Å². The van der Waals surface area contributed by atoms with Gasteiger partial charge in [0, 0.05) is 7.05 Å². The molecule has 0 radical (unpaired) electrons. The second kappa shape index (κ2) is 9.23. The molecule has 2 atom stereocenters. The molecule has 0 N–H and O–H groups in total. The summed E-state index contributed by atoms with van der Waals surface area (Å²) in [6, 6.07) is 19.3. The zero-order valence-electron chi connectivity index (χ0n) is 20.5. The molecule has 4 heteroatoms. The fourth-order valence-electron chi connectivity index (χ4n) is 4.40. The lowest BCUT2D eigenvalue weighted by Gasteiger charge is -2.44. The lowest BCUT2D eigenvalue weighted by atomic mass is 9.99. The van der Waals surface area contributed by atoms with Crippen molar-refractivity contribution in [3.05, 3.63) is 65.7 Å². The Balaban J connectivity index is 2.77. The Hall–Kier alpha value is -1.02. The van der Waals surface area contributed by atoms with Gasteiger partial charge in [0.1, 0.15) is 11.0 Å². The second-order valence-electron chi connectivity index (χ2n) is 11.0. The van der Waals surface area contributed by atoms with Crippen LogP contribution in [0.5, 0.6) is 0 Å². The molecule has 0 aliphatic heterocycles. The number of hydrogen-bond acceptors (Lipinski definition) is 1. The first kappa shape index (κ1) is 25.2. The standard InChI is InChI=1S/C26H40NOPS/c1-24(2,3)29(25(4,5)6)22-19-15-14-18-21(22)23(20-16-12-11-13-17-20)27(10)30(28)26(7,8)9/h11-19,23H,1-10H3. The number of nitrogens with zero attached hydrogens (tertiary/aromatic N) is 1. The van der Waals surface area contributed by atoms with Crippen molar-refractivity contribution >= 4 is 24.2 Å². The molecule has 0 aromatic heterocycles. The fourth-order valence-corrected chi connectivity index (χ4v) is 9.84. The van der Waals surface area contributed by atoms with Crippen LogP contribution in [0.25, 0.3) is 0 Å². The van der Waals surface area contributed by atoms with Crippen LogP contribution in [0.3, 0.4) is 0 Å². The molecule has 2 aromatic carbocycles. The van der Waals surface area contributed by atoms with Gasteiger partial charge in [-0.3, -0.25) is 0 Å². The average molecular weight is 446 g/mol. The molecule has 2 rings (SSSR count). The molecule has 0 saturated heterocycles. The second-order valence-corrected chi connectivity index (χ2v) is 17.1. The van der Waals surface area contributed by atoms with Crippen molar-refractivity contribution in [2.75, 3.05) is 7.05 Å². The summed E-state index contributed by atoms with van der Waals surface area (Å²) in [6.07, 6.45) is 0. The maximum atomic E-state index is 13.5. The zero-order valence-corrected chi connectivity index (χ0v) is 22.2. The van der Waals surface area contributed by atoms with Crippen LogP contribution < -0.4 is 5.30 Å². The van der Waals surface area contributed by atoms with Gasteiger partial charge in [0.2, 0.25) is 0 Å². The largest absolute Gasteiger partial charge is 0.242 e. The van der Waals surface area contributed by atoms with Crippen LogP contribution in [0.1, 0.15) is 79.5 Å². The van der Waals surface area contributed by atoms with E-state index in [1.165, 1.54) is 16.4 Å². The highest BCUT2D eigenvalue weighted by Crippen LogP contribution is 2.59. The van der Waals surface area contributed by atoms with E-state index in [0.717, 1.165) is 0 Å². The predicted octanol–water partition coefficient (Wildman–Crippen LogP) is 6.87. The molecule has 166 valence electrons. The average Bonchev–Trinajstić information content (AvgIpc) is 2.60. The summed E-state index contributed by atoms with van der Waals surface area (Å²) in [4.78, 5) is 0. The van der Waals surface area contributed by atoms with E-state index in [9.17, 15) is 4.21 Å². The molecule has 2 aromatic rings. The monoisotopic (exact) mass is 445 g/mol. The van der Waals surface area contributed by atoms with Crippen molar-refractivity contribution in [2.45, 2.75) is 83.4 Å². The van der Waals surface area contributed by atoms with Gasteiger partial charge >= 0.3 is 0 Å². The summed E-state index contributed by atoms with van der Waals surface area (Å²) in [7, 11) is 0.391. The Labute approximate surface area is 188 Å². The zero-order chi connectivity index (χ0) is 22.9. The molecule has 2 nitrogen and oxygen atoms in total. The number of rotatable bonds is 5. The van der Waals surface area contributed by atoms with E-state index in [1.807, 2.05) is 33.9 Å². The Morgan fingerprint density at radius 3 is 1.70 bits per heavy atom. The first-order valence-corrected chi connectivity index (χ1v) is 13.2. The van der Waals surface area contributed by atoms with Gasteiger partial charge in [-0.2, -0.15) is 0 Å². The highest BCUT2D eigenvalue weighted by molar-refractivity contribution is 7.84. The summed E-state index contributed by atoms with van der Waals surface area (Å²) in [5.41, 5.74) is 2.46. The maximum Gasteiger partial charge on any atom is 0.100 e. The molecule has 0 amide bonds. The van der Waals surface area contributed by atoms with Crippen LogP contribution in [0.15, 0.2) is 54.6 Å². The van der Waals surface area contributed by atoms with Crippen molar-refractivity contribution in [3.8, 4) is 0 Å². The molecular weight excluding hydrogens is 405 g/mol. The molecule has 30 heavy (non-hydrogen) atoms. The Morgan fingerprint density at radius 1 is 0.767 bits per heavy atom. The molecule has 2 unspecified atom stereocenters. The van der Waals surface area contributed by atoms with Crippen molar-refractivity contribution in [1.82, 2.24) is 4.31 Å². The minimum atomic E-state index is -1.14. The lowest BCUT2D eigenvalue weighted by Crippen LogP contribution is -2.40. The number of benzene rings is 2. The quantitative estimate of drug-likeness (QED) is 0.460. The molecule has 0 aliphatic carbocycles. The van der Waals surface area contributed by atoms with Crippen LogP contribution in [0.2, 0.25) is 0 Å². The summed E-state index contributed by atoms with van der Waals surface area (Å²) >= 11 is 0. The van der Waals surface area contributed by atoms with E-state index in [1.54, 1.807) is 0 Å². The van der Waals surface area contributed by atoms with Crippen LogP contribution in [0, 0.1) is 0 Å². The van der Waals surface area contributed by atoms with Gasteiger partial charge in [0.25, 0.3) is 0 Å². The Morgan fingerprint density at radius 2 is 1.23 bits per heavy atom. The highest BCUT2D eigenvalue weighted by atomic mass is 32.2. The highest BCUT2D eigenvalue weighted by Gasteiger charge is 2.39. The van der Waals surface area contributed by atoms with E-state index in [0.29, 0.717) is 0 Å². The number of hydrogen-bond donors (Lipinski definition) is 0. The van der Waals surface area contributed by atoms with Gasteiger partial charge < -0.3 is 0 Å². The summed E-state index contributed by atoms with van der Waals surface area (Å²) in [5, 5.41) is 1.73. The fraction of sp³-hybridized carbons (Fsp3) is 0.538. The van der Waals surface area contributed by atoms with Crippen molar-refractivity contribution < 1.29 is 4.21 Å². The third-order valence-electron chi connectivity index (χ3n) is 5.08. The summed E-state index contributed by atoms with van der Waals surface area (Å²) < 4.78 is 15.2. The van der Waals surface area contributed by atoms with Gasteiger partial charge in [-0.05, 0) is 47.5 Å². The van der Waals surface area contributed by atoms with Crippen molar-refractivity contribution in [2.24, 2.45) is 0 Å². The molecule has 0 bridgehead atoms. The Bertz CT molecular complexity index is 845.